The van der Waals surface area contributed by atoms with Gasteiger partial charge < -0.3 is 15.4 Å². The third kappa shape index (κ3) is 4.25. The summed E-state index contributed by atoms with van der Waals surface area (Å²) in [5, 5.41) is 10.2. The lowest BCUT2D eigenvalue weighted by Gasteiger charge is -2.09. The zero-order valence-corrected chi connectivity index (χ0v) is 17.4. The fraction of sp³-hybridized carbons (Fsp3) is 0.182. The molecule has 0 atom stereocenters. The zero-order chi connectivity index (χ0) is 22.0. The van der Waals surface area contributed by atoms with Gasteiger partial charge in [-0.3, -0.25) is 4.79 Å². The number of methoxy groups -OCH3 is 1. The first-order chi connectivity index (χ1) is 14.9. The fourth-order valence-corrected chi connectivity index (χ4v) is 3.18. The number of aryl methyl sites for hydroxylation is 2. The second kappa shape index (κ2) is 8.31. The maximum absolute atomic E-state index is 13.0. The number of carbonyl (C=O) groups is 1. The Balaban J connectivity index is 1.63. The molecule has 158 valence electrons. The van der Waals surface area contributed by atoms with Gasteiger partial charge in [0, 0.05) is 17.4 Å². The molecule has 31 heavy (non-hydrogen) atoms. The predicted octanol–water partition coefficient (Wildman–Crippen LogP) is 2.90. The number of nitrogens with zero attached hydrogens (tertiary/aromatic N) is 4. The van der Waals surface area contributed by atoms with Gasteiger partial charge in [0.05, 0.1) is 12.8 Å². The van der Waals surface area contributed by atoms with Crippen LogP contribution in [0, 0.1) is 13.8 Å². The molecule has 0 saturated carbocycles. The third-order valence-corrected chi connectivity index (χ3v) is 4.68. The molecule has 9 heteroatoms. The molecular weight excluding hydrogens is 396 g/mol. The number of aromatic nitrogens is 4. The first kappa shape index (κ1) is 20.1. The minimum atomic E-state index is -0.465. The number of nitrogens with one attached hydrogen (secondary N) is 2. The molecule has 0 spiro atoms. The van der Waals surface area contributed by atoms with Crippen LogP contribution in [0.1, 0.15) is 11.3 Å². The number of ether oxygens (including phenoxy) is 1. The lowest BCUT2D eigenvalue weighted by atomic mass is 10.2. The monoisotopic (exact) mass is 418 g/mol. The summed E-state index contributed by atoms with van der Waals surface area (Å²) in [5.74, 6) is 0.468. The van der Waals surface area contributed by atoms with Gasteiger partial charge in [-0.15, -0.1) is 5.10 Å². The van der Waals surface area contributed by atoms with Gasteiger partial charge in [-0.1, -0.05) is 29.8 Å². The van der Waals surface area contributed by atoms with Crippen molar-refractivity contribution in [2.45, 2.75) is 20.4 Å². The van der Waals surface area contributed by atoms with Crippen LogP contribution in [0.4, 0.5) is 17.3 Å². The van der Waals surface area contributed by atoms with Crippen molar-refractivity contribution < 1.29 is 9.53 Å². The van der Waals surface area contributed by atoms with Crippen LogP contribution in [0.25, 0.3) is 5.65 Å². The fourth-order valence-electron chi connectivity index (χ4n) is 3.18. The summed E-state index contributed by atoms with van der Waals surface area (Å²) < 4.78 is 7.70. The minimum absolute atomic E-state index is 0.248. The molecule has 9 nitrogen and oxygen atoms in total. The highest BCUT2D eigenvalue weighted by molar-refractivity contribution is 5.92. The topological polar surface area (TPSA) is 103 Å². The Bertz CT molecular complexity index is 1310. The first-order valence-corrected chi connectivity index (χ1v) is 9.68. The zero-order valence-electron chi connectivity index (χ0n) is 17.4. The molecule has 4 aromatic rings. The molecule has 0 saturated heterocycles. The Morgan fingerprint density at radius 2 is 1.84 bits per heavy atom. The van der Waals surface area contributed by atoms with Gasteiger partial charge in [0.25, 0.3) is 0 Å². The van der Waals surface area contributed by atoms with Gasteiger partial charge in [-0.05, 0) is 38.1 Å². The van der Waals surface area contributed by atoms with Crippen LogP contribution in [0.2, 0.25) is 0 Å². The smallest absolute Gasteiger partial charge is 0.353 e. The Hall–Kier alpha value is -4.14. The number of hydrogen-bond acceptors (Lipinski definition) is 6. The van der Waals surface area contributed by atoms with Gasteiger partial charge in [0.15, 0.2) is 5.65 Å². The average molecular weight is 418 g/mol. The van der Waals surface area contributed by atoms with Gasteiger partial charge in [-0.2, -0.15) is 0 Å². The summed E-state index contributed by atoms with van der Waals surface area (Å²) in [6.45, 7) is 3.57. The Morgan fingerprint density at radius 1 is 1.10 bits per heavy atom. The lowest BCUT2D eigenvalue weighted by molar-refractivity contribution is -0.117. The number of para-hydroxylation sites is 2. The van der Waals surface area contributed by atoms with E-state index in [2.05, 4.69) is 20.7 Å². The predicted molar refractivity (Wildman–Crippen MR) is 118 cm³/mol. The van der Waals surface area contributed by atoms with E-state index in [4.69, 9.17) is 4.74 Å². The van der Waals surface area contributed by atoms with Crippen molar-refractivity contribution in [2.75, 3.05) is 17.7 Å². The highest BCUT2D eigenvalue weighted by atomic mass is 16.5. The molecule has 0 fully saturated rings. The number of amides is 1. The molecule has 0 unspecified atom stereocenters. The van der Waals surface area contributed by atoms with E-state index in [9.17, 15) is 9.59 Å². The maximum Gasteiger partial charge on any atom is 0.353 e. The van der Waals surface area contributed by atoms with Crippen LogP contribution in [0.15, 0.2) is 59.4 Å². The molecule has 1 amide bonds. The molecule has 4 rings (SSSR count). The molecule has 2 aromatic heterocycles. The van der Waals surface area contributed by atoms with E-state index >= 15 is 0 Å². The Labute approximate surface area is 178 Å². The van der Waals surface area contributed by atoms with Crippen molar-refractivity contribution in [3.63, 3.8) is 0 Å². The quantitative estimate of drug-likeness (QED) is 0.499. The first-order valence-electron chi connectivity index (χ1n) is 9.68. The average Bonchev–Trinajstić information content (AvgIpc) is 3.05. The third-order valence-electron chi connectivity index (χ3n) is 4.68. The van der Waals surface area contributed by atoms with Gasteiger partial charge in [-0.25, -0.2) is 18.9 Å². The number of fused-ring (bicyclic) bond motifs is 1. The molecule has 0 aliphatic heterocycles. The number of benzene rings is 2. The number of anilines is 3. The molecule has 0 aliphatic carbocycles. The van der Waals surface area contributed by atoms with Crippen molar-refractivity contribution in [1.82, 2.24) is 19.2 Å². The molecule has 0 radical (unpaired) electrons. The summed E-state index contributed by atoms with van der Waals surface area (Å²) >= 11 is 0. The Morgan fingerprint density at radius 3 is 2.58 bits per heavy atom. The summed E-state index contributed by atoms with van der Waals surface area (Å²) in [6, 6.07) is 16.5. The van der Waals surface area contributed by atoms with Crippen molar-refractivity contribution >= 4 is 28.9 Å². The van der Waals surface area contributed by atoms with E-state index in [-0.39, 0.29) is 6.54 Å². The van der Waals surface area contributed by atoms with Crippen LogP contribution in [0.5, 0.6) is 5.75 Å². The second-order valence-electron chi connectivity index (χ2n) is 7.09. The molecule has 0 bridgehead atoms. The second-order valence-corrected chi connectivity index (χ2v) is 7.09. The van der Waals surface area contributed by atoms with Gasteiger partial charge >= 0.3 is 5.69 Å². The number of hydrogen-bond donors (Lipinski definition) is 2. The number of rotatable bonds is 6. The number of carbonyl (C=O) groups excluding carboxylic acids is 1. The largest absolute Gasteiger partial charge is 0.495 e. The molecule has 2 N–H and O–H groups in total. The van der Waals surface area contributed by atoms with Crippen LogP contribution in [-0.2, 0) is 11.3 Å². The van der Waals surface area contributed by atoms with E-state index in [1.807, 2.05) is 38.1 Å². The lowest BCUT2D eigenvalue weighted by Crippen LogP contribution is -2.29. The molecule has 2 heterocycles. The summed E-state index contributed by atoms with van der Waals surface area (Å²) in [6.07, 6.45) is 0. The van der Waals surface area contributed by atoms with E-state index < -0.39 is 11.6 Å². The normalized spacial score (nSPS) is 10.8. The van der Waals surface area contributed by atoms with E-state index in [0.717, 1.165) is 15.9 Å². The van der Waals surface area contributed by atoms with E-state index in [1.54, 1.807) is 30.3 Å². The van der Waals surface area contributed by atoms with Crippen molar-refractivity contribution in [3.8, 4) is 5.75 Å². The maximum atomic E-state index is 13.0. The van der Waals surface area contributed by atoms with Crippen LogP contribution in [-0.4, -0.2) is 32.2 Å². The SMILES string of the molecule is COc1ccccc1NC(=O)Cn1nc2cc(C)nc(Nc3ccc(C)cc3)n2c1=O. The van der Waals surface area contributed by atoms with Gasteiger partial charge in [0.2, 0.25) is 11.9 Å². The van der Waals surface area contributed by atoms with Gasteiger partial charge in [0.1, 0.15) is 12.3 Å². The highest BCUT2D eigenvalue weighted by Crippen LogP contribution is 2.23. The summed E-state index contributed by atoms with van der Waals surface area (Å²) in [5.41, 5.74) is 3.06. The van der Waals surface area contributed by atoms with Crippen LogP contribution >= 0.6 is 0 Å². The molecular formula is C22H22N6O3. The van der Waals surface area contributed by atoms with E-state index in [1.165, 1.54) is 11.5 Å². The van der Waals surface area contributed by atoms with Crippen molar-refractivity contribution in [1.29, 1.82) is 0 Å². The summed E-state index contributed by atoms with van der Waals surface area (Å²) in [7, 11) is 1.52. The van der Waals surface area contributed by atoms with E-state index in [0.29, 0.717) is 28.7 Å². The summed E-state index contributed by atoms with van der Waals surface area (Å²) in [4.78, 5) is 30.0. The molecule has 0 aliphatic rings. The highest BCUT2D eigenvalue weighted by Gasteiger charge is 2.16. The minimum Gasteiger partial charge on any atom is -0.495 e. The van der Waals surface area contributed by atoms with Crippen molar-refractivity contribution in [2.24, 2.45) is 0 Å². The molecule has 2 aromatic carbocycles. The van der Waals surface area contributed by atoms with Crippen LogP contribution < -0.4 is 21.1 Å². The standard InChI is InChI=1S/C22H22N6O3/c1-14-8-10-16(11-9-14)24-21-23-15(2)12-19-26-27(22(30)28(19)21)13-20(29)25-17-6-4-5-7-18(17)31-3/h4-12H,13H2,1-3H3,(H,23,24)(H,25,29). The van der Waals surface area contributed by atoms with Crippen molar-refractivity contribution in [3.05, 3.63) is 76.3 Å². The Kier molecular flexibility index (Phi) is 5.40. The van der Waals surface area contributed by atoms with Crippen LogP contribution in [0.3, 0.4) is 0 Å².